The lowest BCUT2D eigenvalue weighted by molar-refractivity contribution is 0.343. The van der Waals surface area contributed by atoms with Crippen LogP contribution in [0.4, 0.5) is 17.6 Å². The molecule has 0 saturated carbocycles. The van der Waals surface area contributed by atoms with E-state index >= 15 is 0 Å². The third-order valence-corrected chi connectivity index (χ3v) is 2.47. The van der Waals surface area contributed by atoms with Gasteiger partial charge in [-0.15, -0.1) is 0 Å². The van der Waals surface area contributed by atoms with E-state index in [1.54, 1.807) is 6.07 Å². The Hall–Kier alpha value is -1.63. The van der Waals surface area contributed by atoms with E-state index in [9.17, 15) is 17.6 Å². The lowest BCUT2D eigenvalue weighted by Gasteiger charge is -2.08. The first-order chi connectivity index (χ1) is 8.49. The molecule has 94 valence electrons. The number of ether oxygens (including phenoxy) is 1. The monoisotopic (exact) mass is 321 g/mol. The lowest BCUT2D eigenvalue weighted by Crippen LogP contribution is -2.03. The fourth-order valence-corrected chi connectivity index (χ4v) is 1.58. The fourth-order valence-electron chi connectivity index (χ4n) is 1.21. The first-order valence-electron chi connectivity index (χ1n) is 4.62. The van der Waals surface area contributed by atoms with Crippen LogP contribution in [0.25, 0.3) is 0 Å². The molecule has 0 aliphatic heterocycles. The third kappa shape index (κ3) is 2.45. The van der Waals surface area contributed by atoms with Crippen LogP contribution in [0.3, 0.4) is 0 Å². The molecule has 0 atom stereocenters. The Balaban J connectivity index is 2.46. The number of pyridine rings is 1. The van der Waals surface area contributed by atoms with Crippen molar-refractivity contribution in [3.63, 3.8) is 0 Å². The second-order valence-corrected chi connectivity index (χ2v) is 4.13. The van der Waals surface area contributed by atoms with Gasteiger partial charge in [0.1, 0.15) is 5.75 Å². The minimum Gasteiger partial charge on any atom is -0.451 e. The highest BCUT2D eigenvalue weighted by Gasteiger charge is 2.22. The average molecular weight is 322 g/mol. The summed E-state index contributed by atoms with van der Waals surface area (Å²) in [5.41, 5.74) is 0. The topological polar surface area (TPSA) is 22.1 Å². The van der Waals surface area contributed by atoms with Gasteiger partial charge in [-0.1, -0.05) is 22.0 Å². The highest BCUT2D eigenvalue weighted by atomic mass is 79.9. The number of halogens is 5. The van der Waals surface area contributed by atoms with E-state index in [0.717, 1.165) is 0 Å². The van der Waals surface area contributed by atoms with Crippen LogP contribution in [0.2, 0.25) is 0 Å². The van der Waals surface area contributed by atoms with Gasteiger partial charge in [0, 0.05) is 4.47 Å². The molecule has 1 aromatic heterocycles. The fraction of sp³-hybridized carbons (Fsp3) is 0. The summed E-state index contributed by atoms with van der Waals surface area (Å²) in [7, 11) is 0. The summed E-state index contributed by atoms with van der Waals surface area (Å²) in [6.45, 7) is 0. The van der Waals surface area contributed by atoms with Crippen LogP contribution >= 0.6 is 15.9 Å². The van der Waals surface area contributed by atoms with Gasteiger partial charge in [-0.3, -0.25) is 0 Å². The molecule has 1 heterocycles. The minimum atomic E-state index is -1.76. The Morgan fingerprint density at radius 1 is 1.00 bits per heavy atom. The van der Waals surface area contributed by atoms with Crippen LogP contribution in [0, 0.1) is 23.5 Å². The van der Waals surface area contributed by atoms with Gasteiger partial charge in [0.2, 0.25) is 17.4 Å². The predicted octanol–water partition coefficient (Wildman–Crippen LogP) is 4.19. The number of hydrogen-bond acceptors (Lipinski definition) is 2. The Morgan fingerprint density at radius 2 is 1.61 bits per heavy atom. The van der Waals surface area contributed by atoms with Crippen molar-refractivity contribution in [1.29, 1.82) is 0 Å². The third-order valence-electron chi connectivity index (χ3n) is 1.97. The van der Waals surface area contributed by atoms with Gasteiger partial charge < -0.3 is 4.74 Å². The number of rotatable bonds is 2. The van der Waals surface area contributed by atoms with Gasteiger partial charge in [0.05, 0.1) is 0 Å². The molecule has 0 saturated heterocycles. The standard InChI is InChI=1S/C11H4BrF4NO/c12-5-2-1-3-6(4-5)18-9-7(13)10(15)17-11(16)8(9)14/h1-4H. The van der Waals surface area contributed by atoms with Crippen molar-refractivity contribution in [3.05, 3.63) is 52.3 Å². The molecule has 0 fully saturated rings. The van der Waals surface area contributed by atoms with Gasteiger partial charge in [-0.2, -0.15) is 22.5 Å². The summed E-state index contributed by atoms with van der Waals surface area (Å²) in [5, 5.41) is 0. The summed E-state index contributed by atoms with van der Waals surface area (Å²) in [6, 6.07) is 5.94. The SMILES string of the molecule is Fc1nc(F)c(F)c(Oc2cccc(Br)c2)c1F. The maximum absolute atomic E-state index is 13.2. The van der Waals surface area contributed by atoms with E-state index in [0.29, 0.717) is 4.47 Å². The number of nitrogens with zero attached hydrogens (tertiary/aromatic N) is 1. The molecule has 2 aromatic rings. The molecule has 18 heavy (non-hydrogen) atoms. The van der Waals surface area contributed by atoms with Crippen LogP contribution in [-0.4, -0.2) is 4.98 Å². The molecule has 0 spiro atoms. The molecule has 2 rings (SSSR count). The highest BCUT2D eigenvalue weighted by molar-refractivity contribution is 9.10. The highest BCUT2D eigenvalue weighted by Crippen LogP contribution is 2.30. The van der Waals surface area contributed by atoms with Gasteiger partial charge >= 0.3 is 0 Å². The van der Waals surface area contributed by atoms with Gasteiger partial charge in [0.25, 0.3) is 11.9 Å². The van der Waals surface area contributed by atoms with Crippen molar-refractivity contribution in [1.82, 2.24) is 4.98 Å². The van der Waals surface area contributed by atoms with Gasteiger partial charge in [-0.05, 0) is 18.2 Å². The normalized spacial score (nSPS) is 10.5. The molecule has 1 aromatic carbocycles. The number of aromatic nitrogens is 1. The zero-order valence-electron chi connectivity index (χ0n) is 8.55. The maximum Gasteiger partial charge on any atom is 0.255 e. The largest absolute Gasteiger partial charge is 0.451 e. The smallest absolute Gasteiger partial charge is 0.255 e. The van der Waals surface area contributed by atoms with Gasteiger partial charge in [0.15, 0.2) is 0 Å². The summed E-state index contributed by atoms with van der Waals surface area (Å²) in [5.74, 6) is -8.05. The molecule has 0 N–H and O–H groups in total. The van der Waals surface area contributed by atoms with Crippen LogP contribution in [0.5, 0.6) is 11.5 Å². The van der Waals surface area contributed by atoms with E-state index in [1.807, 2.05) is 0 Å². The molecule has 0 aliphatic carbocycles. The predicted molar refractivity (Wildman–Crippen MR) is 58.3 cm³/mol. The zero-order valence-corrected chi connectivity index (χ0v) is 10.1. The van der Waals surface area contributed by atoms with E-state index in [2.05, 4.69) is 20.9 Å². The average Bonchev–Trinajstić information content (AvgIpc) is 2.32. The molecule has 2 nitrogen and oxygen atoms in total. The van der Waals surface area contributed by atoms with Crippen LogP contribution in [0.15, 0.2) is 28.7 Å². The van der Waals surface area contributed by atoms with Crippen molar-refractivity contribution < 1.29 is 22.3 Å². The quantitative estimate of drug-likeness (QED) is 0.611. The second kappa shape index (κ2) is 4.93. The van der Waals surface area contributed by atoms with Crippen molar-refractivity contribution >= 4 is 15.9 Å². The molecular weight excluding hydrogens is 318 g/mol. The molecule has 0 radical (unpaired) electrons. The van der Waals surface area contributed by atoms with Crippen LogP contribution in [-0.2, 0) is 0 Å². The van der Waals surface area contributed by atoms with E-state index in [1.165, 1.54) is 18.2 Å². The van der Waals surface area contributed by atoms with Crippen molar-refractivity contribution in [3.8, 4) is 11.5 Å². The Labute approximate surface area is 107 Å². The molecule has 0 amide bonds. The minimum absolute atomic E-state index is 0.0205. The van der Waals surface area contributed by atoms with Crippen LogP contribution < -0.4 is 4.74 Å². The van der Waals surface area contributed by atoms with E-state index in [4.69, 9.17) is 4.74 Å². The van der Waals surface area contributed by atoms with Gasteiger partial charge in [-0.25, -0.2) is 0 Å². The van der Waals surface area contributed by atoms with Crippen LogP contribution in [0.1, 0.15) is 0 Å². The first-order valence-corrected chi connectivity index (χ1v) is 5.41. The van der Waals surface area contributed by atoms with Crippen molar-refractivity contribution in [2.75, 3.05) is 0 Å². The zero-order chi connectivity index (χ0) is 13.3. The Bertz CT molecular complexity index is 580. The van der Waals surface area contributed by atoms with E-state index < -0.39 is 29.3 Å². The summed E-state index contributed by atoms with van der Waals surface area (Å²) < 4.78 is 57.5. The Morgan fingerprint density at radius 3 is 2.17 bits per heavy atom. The first kappa shape index (κ1) is 12.8. The Kier molecular flexibility index (Phi) is 3.51. The second-order valence-electron chi connectivity index (χ2n) is 3.21. The maximum atomic E-state index is 13.2. The summed E-state index contributed by atoms with van der Waals surface area (Å²) >= 11 is 3.11. The van der Waals surface area contributed by atoms with E-state index in [-0.39, 0.29) is 5.75 Å². The lowest BCUT2D eigenvalue weighted by atomic mass is 10.3. The van der Waals surface area contributed by atoms with Crippen molar-refractivity contribution in [2.45, 2.75) is 0 Å². The molecule has 0 bridgehead atoms. The molecule has 0 aliphatic rings. The number of hydrogen-bond donors (Lipinski definition) is 0. The number of benzene rings is 1. The van der Waals surface area contributed by atoms with Crippen molar-refractivity contribution in [2.24, 2.45) is 0 Å². The molecular formula is C11H4BrF4NO. The molecule has 0 unspecified atom stereocenters. The molecule has 7 heteroatoms. The summed E-state index contributed by atoms with van der Waals surface area (Å²) in [6.07, 6.45) is 0. The summed E-state index contributed by atoms with van der Waals surface area (Å²) in [4.78, 5) is 2.42.